The second-order valence-electron chi connectivity index (χ2n) is 5.34. The molecule has 0 radical (unpaired) electrons. The molecule has 0 aliphatic rings. The largest absolute Gasteiger partial charge is 0.378 e. The van der Waals surface area contributed by atoms with Crippen LogP contribution in [0.1, 0.15) is 11.1 Å². The molecular formula is C17H17FN2O. The molecule has 0 atom stereocenters. The van der Waals surface area contributed by atoms with Crippen molar-refractivity contribution in [2.75, 3.05) is 19.0 Å². The molecule has 108 valence electrons. The number of nitrogens with one attached hydrogen (secondary N) is 1. The molecule has 3 rings (SSSR count). The third-order valence-electron chi connectivity index (χ3n) is 3.68. The molecule has 1 N–H and O–H groups in total. The molecular weight excluding hydrogens is 267 g/mol. The molecule has 0 amide bonds. The molecule has 0 saturated carbocycles. The van der Waals surface area contributed by atoms with Crippen LogP contribution in [0.5, 0.6) is 5.75 Å². The van der Waals surface area contributed by atoms with Gasteiger partial charge in [0.05, 0.1) is 0 Å². The molecule has 0 saturated heterocycles. The summed E-state index contributed by atoms with van der Waals surface area (Å²) in [6.45, 7) is 0. The first kappa shape index (κ1) is 13.5. The van der Waals surface area contributed by atoms with Crippen LogP contribution in [0.2, 0.25) is 0 Å². The van der Waals surface area contributed by atoms with Crippen molar-refractivity contribution in [1.29, 1.82) is 0 Å². The summed E-state index contributed by atoms with van der Waals surface area (Å²) in [6, 6.07) is 13.6. The Hall–Kier alpha value is -2.49. The summed E-state index contributed by atoms with van der Waals surface area (Å²) in [5, 5.41) is 0.988. The fourth-order valence-corrected chi connectivity index (χ4v) is 2.48. The average molecular weight is 284 g/mol. The maximum absolute atomic E-state index is 12.3. The highest BCUT2D eigenvalue weighted by atomic mass is 19.3. The summed E-state index contributed by atoms with van der Waals surface area (Å²) in [5.41, 5.74) is 4.50. The quantitative estimate of drug-likeness (QED) is 0.781. The standard InChI is InChI=1S/C17H17FN2O/c1-20(2)14-5-3-12(4-6-14)9-13-11-19-17-8-7-15(21-18)10-16(13)17/h3-8,10-11,19H,9H2,1-2H3. The summed E-state index contributed by atoms with van der Waals surface area (Å²) < 4.78 is 12.3. The van der Waals surface area contributed by atoms with Crippen molar-refractivity contribution in [3.63, 3.8) is 0 Å². The predicted octanol–water partition coefficient (Wildman–Crippen LogP) is 4.09. The molecule has 0 aliphatic heterocycles. The van der Waals surface area contributed by atoms with Crippen LogP contribution < -0.4 is 9.84 Å². The number of benzene rings is 2. The number of anilines is 1. The maximum Gasteiger partial charge on any atom is 0.172 e. The van der Waals surface area contributed by atoms with E-state index in [1.54, 1.807) is 12.1 Å². The van der Waals surface area contributed by atoms with Crippen LogP contribution in [0.25, 0.3) is 10.9 Å². The highest BCUT2D eigenvalue weighted by Crippen LogP contribution is 2.26. The number of H-pyrrole nitrogens is 1. The Morgan fingerprint density at radius 1 is 1.10 bits per heavy atom. The van der Waals surface area contributed by atoms with Crippen LogP contribution in [0.15, 0.2) is 48.7 Å². The molecule has 0 unspecified atom stereocenters. The van der Waals surface area contributed by atoms with Gasteiger partial charge in [0.1, 0.15) is 0 Å². The van der Waals surface area contributed by atoms with Crippen LogP contribution in [0.3, 0.4) is 0 Å². The Bertz CT molecular complexity index is 747. The van der Waals surface area contributed by atoms with E-state index in [2.05, 4.69) is 39.1 Å². The molecule has 0 bridgehead atoms. The van der Waals surface area contributed by atoms with Crippen LogP contribution in [-0.4, -0.2) is 19.1 Å². The fourth-order valence-electron chi connectivity index (χ4n) is 2.48. The van der Waals surface area contributed by atoms with E-state index < -0.39 is 0 Å². The van der Waals surface area contributed by atoms with Gasteiger partial charge < -0.3 is 9.88 Å². The van der Waals surface area contributed by atoms with Gasteiger partial charge in [0.15, 0.2) is 5.75 Å². The number of halogens is 1. The normalized spacial score (nSPS) is 10.8. The summed E-state index contributed by atoms with van der Waals surface area (Å²) >= 11 is 0. The highest BCUT2D eigenvalue weighted by molar-refractivity contribution is 5.85. The summed E-state index contributed by atoms with van der Waals surface area (Å²) in [6.07, 6.45) is 2.76. The van der Waals surface area contributed by atoms with E-state index in [1.165, 1.54) is 11.3 Å². The lowest BCUT2D eigenvalue weighted by atomic mass is 10.0. The van der Waals surface area contributed by atoms with E-state index in [4.69, 9.17) is 0 Å². The Morgan fingerprint density at radius 3 is 2.52 bits per heavy atom. The SMILES string of the molecule is CN(C)c1ccc(Cc2c[nH]c3ccc(OF)cc23)cc1. The zero-order chi connectivity index (χ0) is 14.8. The lowest BCUT2D eigenvalue weighted by Crippen LogP contribution is -2.08. The Labute approximate surface area is 122 Å². The van der Waals surface area contributed by atoms with Crippen LogP contribution in [0.4, 0.5) is 10.2 Å². The summed E-state index contributed by atoms with van der Waals surface area (Å²) in [4.78, 5) is 9.09. The van der Waals surface area contributed by atoms with Crippen molar-refractivity contribution in [3.8, 4) is 5.75 Å². The topological polar surface area (TPSA) is 28.3 Å². The van der Waals surface area contributed by atoms with Gasteiger partial charge in [-0.05, 0) is 47.9 Å². The number of fused-ring (bicyclic) bond motifs is 1. The number of hydrogen-bond donors (Lipinski definition) is 1. The van der Waals surface area contributed by atoms with Gasteiger partial charge in [0.25, 0.3) is 0 Å². The zero-order valence-corrected chi connectivity index (χ0v) is 12.1. The first-order valence-corrected chi connectivity index (χ1v) is 6.82. The average Bonchev–Trinajstić information content (AvgIpc) is 2.90. The Kier molecular flexibility index (Phi) is 3.52. The number of aromatic amines is 1. The molecule has 4 heteroatoms. The Morgan fingerprint density at radius 2 is 1.86 bits per heavy atom. The maximum atomic E-state index is 12.3. The summed E-state index contributed by atoms with van der Waals surface area (Å²) in [7, 11) is 4.04. The first-order valence-electron chi connectivity index (χ1n) is 6.82. The molecule has 1 heterocycles. The van der Waals surface area contributed by atoms with E-state index >= 15 is 0 Å². The highest BCUT2D eigenvalue weighted by Gasteiger charge is 2.07. The van der Waals surface area contributed by atoms with Crippen LogP contribution >= 0.6 is 0 Å². The minimum atomic E-state index is 0.228. The van der Waals surface area contributed by atoms with Crippen molar-refractivity contribution >= 4 is 16.6 Å². The molecule has 2 aromatic carbocycles. The van der Waals surface area contributed by atoms with Crippen molar-refractivity contribution in [2.45, 2.75) is 6.42 Å². The molecule has 3 nitrogen and oxygen atoms in total. The third kappa shape index (κ3) is 2.70. The Balaban J connectivity index is 1.90. The molecule has 0 aliphatic carbocycles. The van der Waals surface area contributed by atoms with E-state index in [0.717, 1.165) is 22.9 Å². The fraction of sp³-hybridized carbons (Fsp3) is 0.176. The number of aromatic nitrogens is 1. The minimum Gasteiger partial charge on any atom is -0.378 e. The molecule has 0 fully saturated rings. The van der Waals surface area contributed by atoms with Crippen LogP contribution in [-0.2, 0) is 6.42 Å². The van der Waals surface area contributed by atoms with Crippen molar-refractivity contribution in [1.82, 2.24) is 4.98 Å². The zero-order valence-electron chi connectivity index (χ0n) is 12.1. The molecule has 21 heavy (non-hydrogen) atoms. The predicted molar refractivity (Wildman–Crippen MR) is 83.6 cm³/mol. The van der Waals surface area contributed by atoms with Gasteiger partial charge in [0.2, 0.25) is 0 Å². The van der Waals surface area contributed by atoms with Gasteiger partial charge in [-0.1, -0.05) is 12.1 Å². The van der Waals surface area contributed by atoms with Gasteiger partial charge in [-0.3, -0.25) is 4.94 Å². The lowest BCUT2D eigenvalue weighted by molar-refractivity contribution is -0.00603. The van der Waals surface area contributed by atoms with Crippen LogP contribution in [0, 0.1) is 0 Å². The number of hydrogen-bond acceptors (Lipinski definition) is 2. The molecule has 3 aromatic rings. The second-order valence-corrected chi connectivity index (χ2v) is 5.34. The van der Waals surface area contributed by atoms with Gasteiger partial charge >= 0.3 is 0 Å². The minimum absolute atomic E-state index is 0.228. The van der Waals surface area contributed by atoms with Crippen molar-refractivity contribution in [3.05, 3.63) is 59.8 Å². The van der Waals surface area contributed by atoms with E-state index in [9.17, 15) is 4.53 Å². The van der Waals surface area contributed by atoms with E-state index in [-0.39, 0.29) is 5.75 Å². The monoisotopic (exact) mass is 284 g/mol. The van der Waals surface area contributed by atoms with Crippen molar-refractivity contribution in [2.24, 2.45) is 0 Å². The molecule has 0 spiro atoms. The van der Waals surface area contributed by atoms with Gasteiger partial charge in [-0.25, -0.2) is 0 Å². The number of rotatable bonds is 4. The van der Waals surface area contributed by atoms with E-state index in [1.807, 2.05) is 26.4 Å². The van der Waals surface area contributed by atoms with Gasteiger partial charge in [0, 0.05) is 41.4 Å². The molecule has 1 aromatic heterocycles. The van der Waals surface area contributed by atoms with Gasteiger partial charge in [-0.2, -0.15) is 0 Å². The van der Waals surface area contributed by atoms with Crippen molar-refractivity contribution < 1.29 is 9.47 Å². The smallest absolute Gasteiger partial charge is 0.172 e. The third-order valence-corrected chi connectivity index (χ3v) is 3.68. The first-order chi connectivity index (χ1) is 10.2. The van der Waals surface area contributed by atoms with Gasteiger partial charge in [-0.15, -0.1) is 0 Å². The second kappa shape index (κ2) is 5.48. The number of nitrogens with zero attached hydrogens (tertiary/aromatic N) is 1. The summed E-state index contributed by atoms with van der Waals surface area (Å²) in [5.74, 6) is 0.228. The van der Waals surface area contributed by atoms with E-state index in [0.29, 0.717) is 0 Å². The lowest BCUT2D eigenvalue weighted by Gasteiger charge is -2.12.